The fourth-order valence-electron chi connectivity index (χ4n) is 1.41. The van der Waals surface area contributed by atoms with Gasteiger partial charge < -0.3 is 11.1 Å². The fraction of sp³-hybridized carbons (Fsp3) is 0.455. The number of carbonyl (C=O) groups is 1. The molecule has 82 valence electrons. The first kappa shape index (κ1) is 11.7. The quantitative estimate of drug-likeness (QED) is 0.731. The van der Waals surface area contributed by atoms with E-state index in [1.807, 2.05) is 12.1 Å². The van der Waals surface area contributed by atoms with Crippen molar-refractivity contribution < 1.29 is 4.79 Å². The molecule has 1 heterocycles. The summed E-state index contributed by atoms with van der Waals surface area (Å²) in [5.41, 5.74) is 6.21. The fourth-order valence-corrected chi connectivity index (χ4v) is 1.41. The van der Waals surface area contributed by atoms with Crippen molar-refractivity contribution in [3.05, 3.63) is 30.1 Å². The van der Waals surface area contributed by atoms with Crippen LogP contribution < -0.4 is 11.1 Å². The molecule has 1 aromatic heterocycles. The predicted octanol–water partition coefficient (Wildman–Crippen LogP) is 0.998. The Morgan fingerprint density at radius 1 is 1.67 bits per heavy atom. The van der Waals surface area contributed by atoms with Crippen LogP contribution in [0.15, 0.2) is 24.5 Å². The van der Waals surface area contributed by atoms with Crippen LogP contribution in [0.2, 0.25) is 0 Å². The van der Waals surface area contributed by atoms with Crippen LogP contribution in [0.3, 0.4) is 0 Å². The molecule has 1 aromatic rings. The predicted molar refractivity (Wildman–Crippen MR) is 59.1 cm³/mol. The summed E-state index contributed by atoms with van der Waals surface area (Å²) in [5.74, 6) is -0.299. The van der Waals surface area contributed by atoms with E-state index in [1.165, 1.54) is 0 Å². The molecule has 0 saturated heterocycles. The molecule has 4 nitrogen and oxygen atoms in total. The molecule has 0 saturated carbocycles. The number of pyridine rings is 1. The van der Waals surface area contributed by atoms with Gasteiger partial charge in [-0.15, -0.1) is 0 Å². The van der Waals surface area contributed by atoms with Crippen LogP contribution in [0.1, 0.15) is 31.4 Å². The number of nitrogens with one attached hydrogen (secondary N) is 1. The molecular weight excluding hydrogens is 190 g/mol. The van der Waals surface area contributed by atoms with Gasteiger partial charge in [-0.2, -0.15) is 0 Å². The van der Waals surface area contributed by atoms with Crippen molar-refractivity contribution in [3.63, 3.8) is 0 Å². The maximum Gasteiger partial charge on any atom is 0.219 e. The molecule has 0 aliphatic carbocycles. The van der Waals surface area contributed by atoms with Gasteiger partial charge in [0.25, 0.3) is 0 Å². The smallest absolute Gasteiger partial charge is 0.219 e. The van der Waals surface area contributed by atoms with E-state index in [0.717, 1.165) is 18.5 Å². The van der Waals surface area contributed by atoms with Crippen molar-refractivity contribution in [2.45, 2.75) is 25.8 Å². The summed E-state index contributed by atoms with van der Waals surface area (Å²) in [7, 11) is 0. The molecule has 3 N–H and O–H groups in total. The lowest BCUT2D eigenvalue weighted by Crippen LogP contribution is -2.27. The SMILES string of the molecule is CCCNC(CC(N)=O)c1cccnc1. The Hall–Kier alpha value is -1.42. The highest BCUT2D eigenvalue weighted by Gasteiger charge is 2.12. The molecule has 4 heteroatoms. The first-order chi connectivity index (χ1) is 7.24. The van der Waals surface area contributed by atoms with Gasteiger partial charge >= 0.3 is 0 Å². The second-order valence-corrected chi connectivity index (χ2v) is 3.46. The van der Waals surface area contributed by atoms with Gasteiger partial charge in [-0.25, -0.2) is 0 Å². The van der Waals surface area contributed by atoms with Gasteiger partial charge in [0.15, 0.2) is 0 Å². The standard InChI is InChI=1S/C11H17N3O/c1-2-5-14-10(7-11(12)15)9-4-3-6-13-8-9/h3-4,6,8,10,14H,2,5,7H2,1H3,(H2,12,15). The maximum atomic E-state index is 10.9. The Morgan fingerprint density at radius 3 is 3.00 bits per heavy atom. The van der Waals surface area contributed by atoms with Gasteiger partial charge in [-0.3, -0.25) is 9.78 Å². The van der Waals surface area contributed by atoms with Crippen LogP contribution in [0.4, 0.5) is 0 Å². The number of hydrogen-bond acceptors (Lipinski definition) is 3. The second kappa shape index (κ2) is 6.14. The molecule has 15 heavy (non-hydrogen) atoms. The summed E-state index contributed by atoms with van der Waals surface area (Å²) in [6, 6.07) is 3.79. The third-order valence-corrected chi connectivity index (χ3v) is 2.13. The number of hydrogen-bond donors (Lipinski definition) is 2. The minimum atomic E-state index is -0.299. The zero-order valence-corrected chi connectivity index (χ0v) is 8.94. The Labute approximate surface area is 89.9 Å². The minimum absolute atomic E-state index is 0.0175. The van der Waals surface area contributed by atoms with Crippen LogP contribution >= 0.6 is 0 Å². The van der Waals surface area contributed by atoms with E-state index in [-0.39, 0.29) is 11.9 Å². The number of aromatic nitrogens is 1. The number of rotatable bonds is 6. The Balaban J connectivity index is 2.67. The Kier molecular flexibility index (Phi) is 4.77. The molecule has 0 aliphatic rings. The van der Waals surface area contributed by atoms with E-state index >= 15 is 0 Å². The third-order valence-electron chi connectivity index (χ3n) is 2.13. The van der Waals surface area contributed by atoms with Crippen molar-refractivity contribution in [2.24, 2.45) is 5.73 Å². The average Bonchev–Trinajstić information content (AvgIpc) is 2.25. The number of nitrogens with two attached hydrogens (primary N) is 1. The van der Waals surface area contributed by atoms with Crippen molar-refractivity contribution in [3.8, 4) is 0 Å². The normalized spacial score (nSPS) is 12.3. The minimum Gasteiger partial charge on any atom is -0.370 e. The summed E-state index contributed by atoms with van der Waals surface area (Å²) in [5, 5.41) is 3.28. The van der Waals surface area contributed by atoms with Crippen LogP contribution in [-0.2, 0) is 4.79 Å². The Morgan fingerprint density at radius 2 is 2.47 bits per heavy atom. The van der Waals surface area contributed by atoms with E-state index in [0.29, 0.717) is 6.42 Å². The molecule has 1 amide bonds. The largest absolute Gasteiger partial charge is 0.370 e. The van der Waals surface area contributed by atoms with Gasteiger partial charge in [0.1, 0.15) is 0 Å². The summed E-state index contributed by atoms with van der Waals surface area (Å²) < 4.78 is 0. The van der Waals surface area contributed by atoms with E-state index in [1.54, 1.807) is 12.4 Å². The average molecular weight is 207 g/mol. The van der Waals surface area contributed by atoms with E-state index in [2.05, 4.69) is 17.2 Å². The maximum absolute atomic E-state index is 10.9. The molecule has 0 radical (unpaired) electrons. The van der Waals surface area contributed by atoms with Crippen LogP contribution in [0, 0.1) is 0 Å². The summed E-state index contributed by atoms with van der Waals surface area (Å²) in [4.78, 5) is 14.9. The molecular formula is C11H17N3O. The molecule has 1 rings (SSSR count). The molecule has 1 atom stereocenters. The van der Waals surface area contributed by atoms with Crippen LogP contribution in [0.25, 0.3) is 0 Å². The zero-order chi connectivity index (χ0) is 11.1. The van der Waals surface area contributed by atoms with Gasteiger partial charge in [-0.1, -0.05) is 13.0 Å². The molecule has 0 aromatic carbocycles. The number of carbonyl (C=O) groups excluding carboxylic acids is 1. The molecule has 1 unspecified atom stereocenters. The highest BCUT2D eigenvalue weighted by molar-refractivity contribution is 5.74. The van der Waals surface area contributed by atoms with Crippen molar-refractivity contribution in [1.82, 2.24) is 10.3 Å². The van der Waals surface area contributed by atoms with Crippen molar-refractivity contribution in [2.75, 3.05) is 6.54 Å². The first-order valence-electron chi connectivity index (χ1n) is 5.15. The lowest BCUT2D eigenvalue weighted by Gasteiger charge is -2.16. The summed E-state index contributed by atoms with van der Waals surface area (Å²) in [6.45, 7) is 2.95. The molecule has 0 fully saturated rings. The highest BCUT2D eigenvalue weighted by atomic mass is 16.1. The third kappa shape index (κ3) is 4.08. The van der Waals surface area contributed by atoms with Crippen molar-refractivity contribution >= 4 is 5.91 Å². The number of primary amides is 1. The Bertz CT molecular complexity index is 300. The van der Waals surface area contributed by atoms with Gasteiger partial charge in [0, 0.05) is 24.9 Å². The zero-order valence-electron chi connectivity index (χ0n) is 8.94. The highest BCUT2D eigenvalue weighted by Crippen LogP contribution is 2.14. The van der Waals surface area contributed by atoms with Crippen molar-refractivity contribution in [1.29, 1.82) is 0 Å². The van der Waals surface area contributed by atoms with Crippen LogP contribution in [0.5, 0.6) is 0 Å². The second-order valence-electron chi connectivity index (χ2n) is 3.46. The van der Waals surface area contributed by atoms with E-state index in [4.69, 9.17) is 5.73 Å². The molecule has 0 bridgehead atoms. The topological polar surface area (TPSA) is 68.0 Å². The van der Waals surface area contributed by atoms with Crippen LogP contribution in [-0.4, -0.2) is 17.4 Å². The van der Waals surface area contributed by atoms with Gasteiger partial charge in [0.2, 0.25) is 5.91 Å². The summed E-state index contributed by atoms with van der Waals surface area (Å²) >= 11 is 0. The lowest BCUT2D eigenvalue weighted by molar-refractivity contribution is -0.118. The van der Waals surface area contributed by atoms with E-state index in [9.17, 15) is 4.79 Å². The van der Waals surface area contributed by atoms with E-state index < -0.39 is 0 Å². The molecule has 0 spiro atoms. The number of amides is 1. The first-order valence-corrected chi connectivity index (χ1v) is 5.15. The lowest BCUT2D eigenvalue weighted by atomic mass is 10.1. The van der Waals surface area contributed by atoms with Gasteiger partial charge in [0.05, 0.1) is 0 Å². The molecule has 0 aliphatic heterocycles. The number of nitrogens with zero attached hydrogens (tertiary/aromatic N) is 1. The monoisotopic (exact) mass is 207 g/mol. The van der Waals surface area contributed by atoms with Gasteiger partial charge in [-0.05, 0) is 24.6 Å². The summed E-state index contributed by atoms with van der Waals surface area (Å²) in [6.07, 6.45) is 4.81.